The van der Waals surface area contributed by atoms with E-state index in [0.29, 0.717) is 0 Å². The molecule has 0 saturated heterocycles. The second-order valence-electron chi connectivity index (χ2n) is 2.72. The van der Waals surface area contributed by atoms with Crippen LogP contribution in [0.1, 0.15) is 0 Å². The standard InChI is InChI=1S/C10H8BrN3/c11-9-7-13-5-3-10(9)14-8-2-1-4-12-6-8/h1-7H,(H,13,14). The number of halogens is 1. The molecule has 0 saturated carbocycles. The zero-order valence-corrected chi connectivity index (χ0v) is 8.90. The molecule has 0 radical (unpaired) electrons. The van der Waals surface area contributed by atoms with E-state index in [4.69, 9.17) is 0 Å². The van der Waals surface area contributed by atoms with E-state index in [9.17, 15) is 0 Å². The van der Waals surface area contributed by atoms with E-state index in [1.165, 1.54) is 0 Å². The number of hydrogen-bond acceptors (Lipinski definition) is 3. The molecular formula is C10H8BrN3. The van der Waals surface area contributed by atoms with Crippen LogP contribution in [0.4, 0.5) is 11.4 Å². The Hall–Kier alpha value is -1.42. The van der Waals surface area contributed by atoms with Gasteiger partial charge in [0.05, 0.1) is 22.0 Å². The van der Waals surface area contributed by atoms with Gasteiger partial charge in [-0.3, -0.25) is 9.97 Å². The van der Waals surface area contributed by atoms with Gasteiger partial charge in [-0.2, -0.15) is 0 Å². The lowest BCUT2D eigenvalue weighted by Crippen LogP contribution is -1.91. The molecule has 0 spiro atoms. The summed E-state index contributed by atoms with van der Waals surface area (Å²) in [6.45, 7) is 0. The summed E-state index contributed by atoms with van der Waals surface area (Å²) in [7, 11) is 0. The Bertz CT molecular complexity index is 417. The van der Waals surface area contributed by atoms with Gasteiger partial charge in [0, 0.05) is 18.6 Å². The van der Waals surface area contributed by atoms with Gasteiger partial charge in [-0.05, 0) is 34.1 Å². The number of nitrogens with one attached hydrogen (secondary N) is 1. The predicted molar refractivity (Wildman–Crippen MR) is 59.5 cm³/mol. The smallest absolute Gasteiger partial charge is 0.0593 e. The second-order valence-corrected chi connectivity index (χ2v) is 3.58. The molecule has 0 atom stereocenters. The molecule has 0 fully saturated rings. The Morgan fingerprint density at radius 3 is 2.64 bits per heavy atom. The third-order valence-corrected chi connectivity index (χ3v) is 2.34. The molecule has 0 aliphatic carbocycles. The van der Waals surface area contributed by atoms with Gasteiger partial charge in [-0.25, -0.2) is 0 Å². The van der Waals surface area contributed by atoms with E-state index in [-0.39, 0.29) is 0 Å². The molecule has 2 rings (SSSR count). The van der Waals surface area contributed by atoms with E-state index >= 15 is 0 Å². The average molecular weight is 250 g/mol. The second kappa shape index (κ2) is 4.19. The highest BCUT2D eigenvalue weighted by atomic mass is 79.9. The lowest BCUT2D eigenvalue weighted by Gasteiger charge is -2.06. The Labute approximate surface area is 90.3 Å². The Morgan fingerprint density at radius 1 is 1.07 bits per heavy atom. The molecule has 14 heavy (non-hydrogen) atoms. The maximum absolute atomic E-state index is 4.02. The van der Waals surface area contributed by atoms with Gasteiger partial charge in [0.1, 0.15) is 0 Å². The predicted octanol–water partition coefficient (Wildman–Crippen LogP) is 2.98. The molecule has 0 bridgehead atoms. The van der Waals surface area contributed by atoms with Crippen LogP contribution in [0.3, 0.4) is 0 Å². The fraction of sp³-hybridized carbons (Fsp3) is 0. The first-order valence-corrected chi connectivity index (χ1v) is 4.92. The highest BCUT2D eigenvalue weighted by Crippen LogP contribution is 2.23. The first-order valence-electron chi connectivity index (χ1n) is 4.13. The Morgan fingerprint density at radius 2 is 1.93 bits per heavy atom. The minimum Gasteiger partial charge on any atom is -0.353 e. The van der Waals surface area contributed by atoms with Crippen molar-refractivity contribution in [2.75, 3.05) is 5.32 Å². The van der Waals surface area contributed by atoms with Crippen molar-refractivity contribution in [3.8, 4) is 0 Å². The molecular weight excluding hydrogens is 242 g/mol. The zero-order chi connectivity index (χ0) is 9.80. The molecule has 2 aromatic rings. The van der Waals surface area contributed by atoms with E-state index in [1.54, 1.807) is 24.8 Å². The van der Waals surface area contributed by atoms with E-state index in [2.05, 4.69) is 31.2 Å². The summed E-state index contributed by atoms with van der Waals surface area (Å²) < 4.78 is 0.934. The van der Waals surface area contributed by atoms with Crippen molar-refractivity contribution in [3.05, 3.63) is 47.5 Å². The minimum absolute atomic E-state index is 0.934. The summed E-state index contributed by atoms with van der Waals surface area (Å²) in [5.41, 5.74) is 1.94. The summed E-state index contributed by atoms with van der Waals surface area (Å²) in [4.78, 5) is 8.00. The van der Waals surface area contributed by atoms with Crippen LogP contribution in [0.5, 0.6) is 0 Å². The highest BCUT2D eigenvalue weighted by molar-refractivity contribution is 9.10. The molecule has 4 heteroatoms. The van der Waals surface area contributed by atoms with Gasteiger partial charge in [0.2, 0.25) is 0 Å². The van der Waals surface area contributed by atoms with Crippen molar-refractivity contribution in [1.29, 1.82) is 0 Å². The third kappa shape index (κ3) is 2.09. The van der Waals surface area contributed by atoms with Crippen molar-refractivity contribution in [2.24, 2.45) is 0 Å². The van der Waals surface area contributed by atoms with Gasteiger partial charge in [0.25, 0.3) is 0 Å². The third-order valence-electron chi connectivity index (χ3n) is 1.71. The van der Waals surface area contributed by atoms with Gasteiger partial charge in [-0.15, -0.1) is 0 Å². The largest absolute Gasteiger partial charge is 0.353 e. The number of nitrogens with zero attached hydrogens (tertiary/aromatic N) is 2. The van der Waals surface area contributed by atoms with Crippen LogP contribution in [0.2, 0.25) is 0 Å². The van der Waals surface area contributed by atoms with Crippen molar-refractivity contribution in [1.82, 2.24) is 9.97 Å². The molecule has 2 heterocycles. The van der Waals surface area contributed by atoms with Crippen molar-refractivity contribution >= 4 is 27.3 Å². The number of aromatic nitrogens is 2. The SMILES string of the molecule is Brc1cnccc1Nc1cccnc1. The number of anilines is 2. The average Bonchev–Trinajstić information content (AvgIpc) is 2.23. The van der Waals surface area contributed by atoms with Crippen LogP contribution in [-0.4, -0.2) is 9.97 Å². The molecule has 0 aliphatic heterocycles. The van der Waals surface area contributed by atoms with Gasteiger partial charge in [-0.1, -0.05) is 0 Å². The number of rotatable bonds is 2. The van der Waals surface area contributed by atoms with Gasteiger partial charge >= 0.3 is 0 Å². The molecule has 3 nitrogen and oxygen atoms in total. The summed E-state index contributed by atoms with van der Waals surface area (Å²) >= 11 is 3.41. The molecule has 0 aromatic carbocycles. The van der Waals surface area contributed by atoms with Crippen molar-refractivity contribution in [2.45, 2.75) is 0 Å². The Kier molecular flexibility index (Phi) is 2.74. The Balaban J connectivity index is 2.24. The first-order chi connectivity index (χ1) is 6.86. The van der Waals surface area contributed by atoms with Crippen molar-refractivity contribution < 1.29 is 0 Å². The van der Waals surface area contributed by atoms with Crippen LogP contribution in [0.25, 0.3) is 0 Å². The topological polar surface area (TPSA) is 37.8 Å². The maximum atomic E-state index is 4.02. The van der Waals surface area contributed by atoms with Crippen LogP contribution in [0, 0.1) is 0 Å². The van der Waals surface area contributed by atoms with E-state index in [1.807, 2.05) is 18.2 Å². The fourth-order valence-electron chi connectivity index (χ4n) is 1.07. The number of hydrogen-bond donors (Lipinski definition) is 1. The fourth-order valence-corrected chi connectivity index (χ4v) is 1.42. The van der Waals surface area contributed by atoms with Crippen LogP contribution in [-0.2, 0) is 0 Å². The normalized spacial score (nSPS) is 9.79. The van der Waals surface area contributed by atoms with Gasteiger partial charge < -0.3 is 5.32 Å². The number of pyridine rings is 2. The lowest BCUT2D eigenvalue weighted by atomic mass is 10.3. The molecule has 70 valence electrons. The summed E-state index contributed by atoms with van der Waals surface area (Å²) in [5.74, 6) is 0. The van der Waals surface area contributed by atoms with Crippen LogP contribution >= 0.6 is 15.9 Å². The molecule has 0 aliphatic rings. The maximum Gasteiger partial charge on any atom is 0.0593 e. The van der Waals surface area contributed by atoms with Crippen LogP contribution < -0.4 is 5.32 Å². The first kappa shape index (κ1) is 9.15. The molecule has 2 aromatic heterocycles. The quantitative estimate of drug-likeness (QED) is 0.890. The van der Waals surface area contributed by atoms with E-state index < -0.39 is 0 Å². The zero-order valence-electron chi connectivity index (χ0n) is 7.31. The highest BCUT2D eigenvalue weighted by Gasteiger charge is 1.98. The van der Waals surface area contributed by atoms with E-state index in [0.717, 1.165) is 15.8 Å². The lowest BCUT2D eigenvalue weighted by molar-refractivity contribution is 1.29. The summed E-state index contributed by atoms with van der Waals surface area (Å²) in [6.07, 6.45) is 7.00. The molecule has 0 amide bonds. The summed E-state index contributed by atoms with van der Waals surface area (Å²) in [5, 5.41) is 3.22. The van der Waals surface area contributed by atoms with Gasteiger partial charge in [0.15, 0.2) is 0 Å². The molecule has 0 unspecified atom stereocenters. The van der Waals surface area contributed by atoms with Crippen LogP contribution in [0.15, 0.2) is 47.5 Å². The molecule has 1 N–H and O–H groups in total. The monoisotopic (exact) mass is 249 g/mol. The minimum atomic E-state index is 0.934. The summed E-state index contributed by atoms with van der Waals surface area (Å²) in [6, 6.07) is 5.74. The van der Waals surface area contributed by atoms with Crippen molar-refractivity contribution in [3.63, 3.8) is 0 Å².